The van der Waals surface area contributed by atoms with Crippen molar-refractivity contribution < 1.29 is 9.47 Å². The summed E-state index contributed by atoms with van der Waals surface area (Å²) >= 11 is 0. The van der Waals surface area contributed by atoms with E-state index in [9.17, 15) is 0 Å². The molecule has 1 N–H and O–H groups in total. The highest BCUT2D eigenvalue weighted by atomic mass is 16.5. The zero-order valence-corrected chi connectivity index (χ0v) is 12.1. The van der Waals surface area contributed by atoms with Gasteiger partial charge in [0.1, 0.15) is 11.5 Å². The highest BCUT2D eigenvalue weighted by molar-refractivity contribution is 5.44. The summed E-state index contributed by atoms with van der Waals surface area (Å²) in [6, 6.07) is 6.36. The van der Waals surface area contributed by atoms with Gasteiger partial charge in [0.05, 0.1) is 14.2 Å². The molecule has 1 aromatic carbocycles. The molecule has 0 amide bonds. The molecule has 18 heavy (non-hydrogen) atoms. The molecule has 0 aromatic heterocycles. The fourth-order valence-corrected chi connectivity index (χ4v) is 2.17. The van der Waals surface area contributed by atoms with E-state index in [2.05, 4.69) is 26.1 Å². The second-order valence-corrected chi connectivity index (χ2v) is 5.05. The molecule has 1 atom stereocenters. The van der Waals surface area contributed by atoms with Crippen LogP contribution in [0.25, 0.3) is 0 Å². The minimum absolute atomic E-state index is 0.486. The van der Waals surface area contributed by atoms with Crippen molar-refractivity contribution in [3.05, 3.63) is 23.8 Å². The van der Waals surface area contributed by atoms with Crippen LogP contribution in [0.5, 0.6) is 11.5 Å². The van der Waals surface area contributed by atoms with Gasteiger partial charge in [-0.15, -0.1) is 0 Å². The van der Waals surface area contributed by atoms with Gasteiger partial charge in [-0.25, -0.2) is 0 Å². The van der Waals surface area contributed by atoms with Gasteiger partial charge in [-0.3, -0.25) is 0 Å². The number of methoxy groups -OCH3 is 2. The van der Waals surface area contributed by atoms with E-state index in [1.807, 2.05) is 18.2 Å². The van der Waals surface area contributed by atoms with E-state index in [1.54, 1.807) is 14.2 Å². The summed E-state index contributed by atoms with van der Waals surface area (Å²) in [4.78, 5) is 0. The summed E-state index contributed by atoms with van der Waals surface area (Å²) in [5.74, 6) is 2.45. The molecule has 0 radical (unpaired) electrons. The summed E-state index contributed by atoms with van der Waals surface area (Å²) in [5.41, 5.74) is 1.08. The average molecular weight is 251 g/mol. The summed E-state index contributed by atoms with van der Waals surface area (Å²) in [6.07, 6.45) is 1.16. The predicted octanol–water partition coefficient (Wildman–Crippen LogP) is 3.23. The second kappa shape index (κ2) is 7.27. The molecule has 0 aliphatic carbocycles. The Kier molecular flexibility index (Phi) is 5.99. The van der Waals surface area contributed by atoms with Crippen molar-refractivity contribution in [1.82, 2.24) is 5.32 Å². The Balaban J connectivity index is 2.70. The summed E-state index contributed by atoms with van der Waals surface area (Å²) in [7, 11) is 3.38. The van der Waals surface area contributed by atoms with Gasteiger partial charge in [0, 0.05) is 18.2 Å². The van der Waals surface area contributed by atoms with Crippen LogP contribution in [0.1, 0.15) is 32.8 Å². The van der Waals surface area contributed by atoms with Gasteiger partial charge in [0.15, 0.2) is 0 Å². The summed E-state index contributed by atoms with van der Waals surface area (Å²) < 4.78 is 10.8. The standard InChI is InChI=1S/C15H25NO2/c1-11(2)9-12(3)16-10-13-14(17-4)7-6-8-15(13)18-5/h6-8,11-12,16H,9-10H2,1-5H3. The maximum Gasteiger partial charge on any atom is 0.127 e. The number of ether oxygens (including phenoxy) is 2. The Labute approximate surface area is 110 Å². The lowest BCUT2D eigenvalue weighted by Gasteiger charge is -2.18. The van der Waals surface area contributed by atoms with Crippen molar-refractivity contribution in [2.24, 2.45) is 5.92 Å². The zero-order chi connectivity index (χ0) is 13.5. The molecular formula is C15H25NO2. The molecule has 0 spiro atoms. The van der Waals surface area contributed by atoms with E-state index in [1.165, 1.54) is 0 Å². The van der Waals surface area contributed by atoms with Crippen LogP contribution < -0.4 is 14.8 Å². The second-order valence-electron chi connectivity index (χ2n) is 5.05. The smallest absolute Gasteiger partial charge is 0.127 e. The minimum Gasteiger partial charge on any atom is -0.496 e. The van der Waals surface area contributed by atoms with Gasteiger partial charge >= 0.3 is 0 Å². The lowest BCUT2D eigenvalue weighted by molar-refractivity contribution is 0.375. The molecule has 0 bridgehead atoms. The summed E-state index contributed by atoms with van der Waals surface area (Å²) in [6.45, 7) is 7.45. The van der Waals surface area contributed by atoms with E-state index in [0.29, 0.717) is 12.0 Å². The van der Waals surface area contributed by atoms with Crippen LogP contribution in [0.15, 0.2) is 18.2 Å². The molecule has 0 aliphatic heterocycles. The number of hydrogen-bond donors (Lipinski definition) is 1. The normalized spacial score (nSPS) is 12.6. The van der Waals surface area contributed by atoms with Crippen LogP contribution in [0, 0.1) is 5.92 Å². The molecule has 0 saturated heterocycles. The Morgan fingerprint density at radius 1 is 1.06 bits per heavy atom. The molecular weight excluding hydrogens is 226 g/mol. The lowest BCUT2D eigenvalue weighted by Crippen LogP contribution is -2.27. The average Bonchev–Trinajstić information content (AvgIpc) is 2.34. The SMILES string of the molecule is COc1cccc(OC)c1CNC(C)CC(C)C. The molecule has 1 rings (SSSR count). The first-order valence-electron chi connectivity index (χ1n) is 6.51. The van der Waals surface area contributed by atoms with Gasteiger partial charge in [0.2, 0.25) is 0 Å². The monoisotopic (exact) mass is 251 g/mol. The molecule has 0 fully saturated rings. The lowest BCUT2D eigenvalue weighted by atomic mass is 10.0. The number of hydrogen-bond acceptors (Lipinski definition) is 3. The fraction of sp³-hybridized carbons (Fsp3) is 0.600. The van der Waals surface area contributed by atoms with Crippen molar-refractivity contribution in [2.75, 3.05) is 14.2 Å². The van der Waals surface area contributed by atoms with Crippen LogP contribution in [0.3, 0.4) is 0 Å². The van der Waals surface area contributed by atoms with E-state index in [-0.39, 0.29) is 0 Å². The molecule has 3 heteroatoms. The number of nitrogens with one attached hydrogen (secondary N) is 1. The number of benzene rings is 1. The van der Waals surface area contributed by atoms with Crippen molar-refractivity contribution in [3.8, 4) is 11.5 Å². The third-order valence-corrected chi connectivity index (χ3v) is 2.98. The van der Waals surface area contributed by atoms with Crippen LogP contribution in [0.4, 0.5) is 0 Å². The van der Waals surface area contributed by atoms with Gasteiger partial charge < -0.3 is 14.8 Å². The third-order valence-electron chi connectivity index (χ3n) is 2.98. The Morgan fingerprint density at radius 3 is 2.06 bits per heavy atom. The van der Waals surface area contributed by atoms with Crippen molar-refractivity contribution in [3.63, 3.8) is 0 Å². The van der Waals surface area contributed by atoms with Gasteiger partial charge in [-0.2, -0.15) is 0 Å². The third kappa shape index (κ3) is 4.22. The van der Waals surface area contributed by atoms with Crippen LogP contribution in [0.2, 0.25) is 0 Å². The van der Waals surface area contributed by atoms with Gasteiger partial charge in [0.25, 0.3) is 0 Å². The topological polar surface area (TPSA) is 30.5 Å². The van der Waals surface area contributed by atoms with Crippen molar-refractivity contribution in [1.29, 1.82) is 0 Å². The maximum atomic E-state index is 5.38. The molecule has 0 aliphatic rings. The molecule has 0 saturated carbocycles. The highest BCUT2D eigenvalue weighted by Gasteiger charge is 2.11. The van der Waals surface area contributed by atoms with E-state index in [0.717, 1.165) is 30.0 Å². The molecule has 1 unspecified atom stereocenters. The van der Waals surface area contributed by atoms with E-state index in [4.69, 9.17) is 9.47 Å². The Morgan fingerprint density at radius 2 is 1.61 bits per heavy atom. The van der Waals surface area contributed by atoms with Crippen LogP contribution in [-0.4, -0.2) is 20.3 Å². The molecule has 3 nitrogen and oxygen atoms in total. The van der Waals surface area contributed by atoms with E-state index < -0.39 is 0 Å². The zero-order valence-electron chi connectivity index (χ0n) is 12.1. The first-order valence-corrected chi connectivity index (χ1v) is 6.51. The minimum atomic E-state index is 0.486. The summed E-state index contributed by atoms with van der Waals surface area (Å²) in [5, 5.41) is 3.52. The van der Waals surface area contributed by atoms with E-state index >= 15 is 0 Å². The molecule has 1 aromatic rings. The Hall–Kier alpha value is -1.22. The maximum absolute atomic E-state index is 5.38. The Bertz CT molecular complexity index is 341. The predicted molar refractivity (Wildman–Crippen MR) is 75.3 cm³/mol. The quantitative estimate of drug-likeness (QED) is 0.807. The van der Waals surface area contributed by atoms with Crippen molar-refractivity contribution >= 4 is 0 Å². The first-order chi connectivity index (χ1) is 8.58. The number of rotatable bonds is 7. The van der Waals surface area contributed by atoms with Gasteiger partial charge in [-0.05, 0) is 31.4 Å². The fourth-order valence-electron chi connectivity index (χ4n) is 2.17. The molecule has 0 heterocycles. The first kappa shape index (κ1) is 14.8. The van der Waals surface area contributed by atoms with Crippen molar-refractivity contribution in [2.45, 2.75) is 39.8 Å². The van der Waals surface area contributed by atoms with Crippen LogP contribution in [-0.2, 0) is 6.54 Å². The molecule has 102 valence electrons. The van der Waals surface area contributed by atoms with Crippen LogP contribution >= 0.6 is 0 Å². The van der Waals surface area contributed by atoms with Gasteiger partial charge in [-0.1, -0.05) is 19.9 Å². The highest BCUT2D eigenvalue weighted by Crippen LogP contribution is 2.28. The largest absolute Gasteiger partial charge is 0.496 e.